The molecule has 0 aliphatic carbocycles. The average Bonchev–Trinajstić information content (AvgIpc) is 3.31. The van der Waals surface area contributed by atoms with Gasteiger partial charge in [-0.15, -0.1) is 10.1 Å². The van der Waals surface area contributed by atoms with Crippen molar-refractivity contribution >= 4 is 35.0 Å². The van der Waals surface area contributed by atoms with Crippen LogP contribution in [0.4, 0.5) is 0 Å². The topological polar surface area (TPSA) is 90.4 Å². The van der Waals surface area contributed by atoms with Crippen LogP contribution in [0.15, 0.2) is 101 Å². The quantitative estimate of drug-likeness (QED) is 0.201. The van der Waals surface area contributed by atoms with Gasteiger partial charge in [0, 0.05) is 37.8 Å². The summed E-state index contributed by atoms with van der Waals surface area (Å²) in [5, 5.41) is 14.8. The summed E-state index contributed by atoms with van der Waals surface area (Å²) in [5.74, 6) is 0. The first-order valence-electron chi connectivity index (χ1n) is 10.1. The third-order valence-corrected chi connectivity index (χ3v) is 6.18. The highest BCUT2D eigenvalue weighted by molar-refractivity contribution is 7.99. The fourth-order valence-electron chi connectivity index (χ4n) is 3.06. The molecule has 0 radical (unpaired) electrons. The molecule has 4 rings (SSSR count). The Bertz CT molecular complexity index is 1170. The van der Waals surface area contributed by atoms with Crippen molar-refractivity contribution in [2.24, 2.45) is 0 Å². The molecule has 1 atom stereocenters. The number of hydrogen-bond acceptors (Lipinski definition) is 5. The molecular weight excluding hydrogens is 497 g/mol. The third-order valence-electron chi connectivity index (χ3n) is 4.60. The van der Waals surface area contributed by atoms with E-state index in [2.05, 4.69) is 41.4 Å². The fraction of sp³-hybridized carbons (Fsp3) is 0.125. The van der Waals surface area contributed by atoms with E-state index >= 15 is 0 Å². The highest BCUT2D eigenvalue weighted by atomic mass is 35.5. The van der Waals surface area contributed by atoms with Crippen molar-refractivity contribution in [3.8, 4) is 0 Å². The summed E-state index contributed by atoms with van der Waals surface area (Å²) < 4.78 is 8.26. The Morgan fingerprint density at radius 3 is 2.35 bits per heavy atom. The largest absolute Gasteiger partial charge is 0.367 e. The number of halogens is 2. The maximum Gasteiger partial charge on any atom is 0.291 e. The van der Waals surface area contributed by atoms with Gasteiger partial charge in [0.15, 0.2) is 0 Å². The minimum absolute atomic E-state index is 0.220. The lowest BCUT2D eigenvalue weighted by atomic mass is 10.1. The van der Waals surface area contributed by atoms with E-state index in [9.17, 15) is 0 Å². The molecule has 34 heavy (non-hydrogen) atoms. The first-order chi connectivity index (χ1) is 16.4. The molecule has 0 aliphatic heterocycles. The summed E-state index contributed by atoms with van der Waals surface area (Å²) in [4.78, 5) is 14.9. The summed E-state index contributed by atoms with van der Waals surface area (Å²) >= 11 is 14.3. The van der Waals surface area contributed by atoms with Crippen LogP contribution in [-0.2, 0) is 17.9 Å². The summed E-state index contributed by atoms with van der Waals surface area (Å²) in [6, 6.07) is 24.3. The fourth-order valence-corrected chi connectivity index (χ4v) is 4.43. The predicted molar refractivity (Wildman–Crippen MR) is 132 cm³/mol. The van der Waals surface area contributed by atoms with Crippen LogP contribution in [0.5, 0.6) is 0 Å². The van der Waals surface area contributed by atoms with Gasteiger partial charge in [-0.2, -0.15) is 0 Å². The Kier molecular flexibility index (Phi) is 9.78. The molecule has 3 aromatic carbocycles. The van der Waals surface area contributed by atoms with Gasteiger partial charge in [-0.05, 0) is 42.0 Å². The minimum atomic E-state index is -1.50. The lowest BCUT2D eigenvalue weighted by molar-refractivity contribution is -0.742. The molecule has 0 saturated heterocycles. The highest BCUT2D eigenvalue weighted by Crippen LogP contribution is 2.31. The SMILES string of the molecule is Clc1ccc([C@@H](Cn2ccnc2)OCc2ccc(Sc3ccccc3)cc2)c(Cl)c1.O=[N+]([O-])O. The van der Waals surface area contributed by atoms with Crippen LogP contribution >= 0.6 is 35.0 Å². The predicted octanol–water partition coefficient (Wildman–Crippen LogP) is 6.95. The minimum Gasteiger partial charge on any atom is -0.367 e. The summed E-state index contributed by atoms with van der Waals surface area (Å²) in [7, 11) is 0. The van der Waals surface area contributed by atoms with E-state index < -0.39 is 5.09 Å². The van der Waals surface area contributed by atoms with Crippen molar-refractivity contribution in [1.29, 1.82) is 0 Å². The van der Waals surface area contributed by atoms with E-state index in [1.807, 2.05) is 41.1 Å². The van der Waals surface area contributed by atoms with Crippen molar-refractivity contribution in [2.75, 3.05) is 0 Å². The van der Waals surface area contributed by atoms with E-state index in [1.54, 1.807) is 30.4 Å². The van der Waals surface area contributed by atoms with Crippen LogP contribution in [0.1, 0.15) is 17.2 Å². The molecule has 1 N–H and O–H groups in total. The molecule has 7 nitrogen and oxygen atoms in total. The maximum absolute atomic E-state index is 8.36. The molecule has 176 valence electrons. The zero-order valence-corrected chi connectivity index (χ0v) is 20.2. The first kappa shape index (κ1) is 25.6. The standard InChI is InChI=1S/C24H20Cl2N2OS.HNO3/c25-19-8-11-22(23(26)14-19)24(15-28-13-12-27-17-28)29-16-18-6-9-21(10-7-18)30-20-4-2-1-3-5-20;2-1(3)4/h1-14,17,24H,15-16H2;(H,2,3,4)/t24-;/m1./s1. The molecule has 1 heterocycles. The van der Waals surface area contributed by atoms with Gasteiger partial charge >= 0.3 is 0 Å². The lowest BCUT2D eigenvalue weighted by Crippen LogP contribution is -2.12. The number of rotatable bonds is 8. The normalized spacial score (nSPS) is 11.4. The van der Waals surface area contributed by atoms with E-state index in [0.717, 1.165) is 11.1 Å². The molecule has 0 fully saturated rings. The summed E-state index contributed by atoms with van der Waals surface area (Å²) in [5.41, 5.74) is 2.01. The molecule has 0 spiro atoms. The van der Waals surface area contributed by atoms with Crippen LogP contribution < -0.4 is 0 Å². The number of benzene rings is 3. The number of aromatic nitrogens is 2. The molecule has 0 unspecified atom stereocenters. The van der Waals surface area contributed by atoms with Crippen molar-refractivity contribution in [3.63, 3.8) is 0 Å². The Morgan fingerprint density at radius 2 is 1.74 bits per heavy atom. The van der Waals surface area contributed by atoms with E-state index in [1.165, 1.54) is 9.79 Å². The molecule has 0 aliphatic rings. The van der Waals surface area contributed by atoms with Crippen LogP contribution in [0.25, 0.3) is 0 Å². The summed E-state index contributed by atoms with van der Waals surface area (Å²) in [6.45, 7) is 1.10. The Morgan fingerprint density at radius 1 is 1.06 bits per heavy atom. The second-order valence-corrected chi connectivity index (χ2v) is 9.01. The smallest absolute Gasteiger partial charge is 0.291 e. The van der Waals surface area contributed by atoms with Crippen molar-refractivity contribution in [3.05, 3.63) is 123 Å². The highest BCUT2D eigenvalue weighted by Gasteiger charge is 2.17. The van der Waals surface area contributed by atoms with E-state index in [-0.39, 0.29) is 6.10 Å². The Balaban J connectivity index is 0.000000751. The van der Waals surface area contributed by atoms with Gasteiger partial charge < -0.3 is 14.5 Å². The molecule has 0 bridgehead atoms. The van der Waals surface area contributed by atoms with Crippen LogP contribution in [0.2, 0.25) is 10.0 Å². The number of nitrogens with zero attached hydrogens (tertiary/aromatic N) is 3. The van der Waals surface area contributed by atoms with Gasteiger partial charge in [0.05, 0.1) is 19.5 Å². The van der Waals surface area contributed by atoms with Crippen LogP contribution in [0, 0.1) is 10.1 Å². The van der Waals surface area contributed by atoms with Gasteiger partial charge in [-0.25, -0.2) is 4.98 Å². The van der Waals surface area contributed by atoms with Crippen LogP contribution in [-0.4, -0.2) is 19.8 Å². The third kappa shape index (κ3) is 8.39. The van der Waals surface area contributed by atoms with Crippen LogP contribution in [0.3, 0.4) is 0 Å². The molecule has 4 aromatic rings. The van der Waals surface area contributed by atoms with Gasteiger partial charge in [0.2, 0.25) is 0 Å². The van der Waals surface area contributed by atoms with Gasteiger partial charge in [0.25, 0.3) is 5.09 Å². The Hall–Kier alpha value is -3.04. The molecule has 0 amide bonds. The van der Waals surface area contributed by atoms with Gasteiger partial charge in [-0.1, -0.05) is 71.4 Å². The molecule has 1 aromatic heterocycles. The second-order valence-electron chi connectivity index (χ2n) is 7.02. The number of imidazole rings is 1. The average molecular weight is 518 g/mol. The maximum atomic E-state index is 8.36. The van der Waals surface area contributed by atoms with E-state index in [0.29, 0.717) is 23.2 Å². The molecular formula is C24H21Cl2N3O4S. The number of ether oxygens (including phenoxy) is 1. The molecule has 0 saturated carbocycles. The molecule has 10 heteroatoms. The summed E-state index contributed by atoms with van der Waals surface area (Å²) in [6.07, 6.45) is 5.22. The Labute approximate surface area is 211 Å². The van der Waals surface area contributed by atoms with Crippen molar-refractivity contribution in [1.82, 2.24) is 9.55 Å². The second kappa shape index (κ2) is 13.0. The van der Waals surface area contributed by atoms with Crippen molar-refractivity contribution in [2.45, 2.75) is 29.0 Å². The van der Waals surface area contributed by atoms with E-state index in [4.69, 9.17) is 43.3 Å². The number of hydrogen-bond donors (Lipinski definition) is 1. The first-order valence-corrected chi connectivity index (χ1v) is 11.7. The van der Waals surface area contributed by atoms with Gasteiger partial charge in [-0.3, -0.25) is 0 Å². The monoisotopic (exact) mass is 517 g/mol. The zero-order valence-electron chi connectivity index (χ0n) is 17.8. The van der Waals surface area contributed by atoms with Gasteiger partial charge in [0.1, 0.15) is 6.10 Å². The zero-order chi connectivity index (χ0) is 24.3. The van der Waals surface area contributed by atoms with Crippen molar-refractivity contribution < 1.29 is 15.0 Å². The lowest BCUT2D eigenvalue weighted by Gasteiger charge is -2.20.